The van der Waals surface area contributed by atoms with Gasteiger partial charge in [0.2, 0.25) is 0 Å². The number of carboxylic acid groups (broad SMARTS) is 1. The van der Waals surface area contributed by atoms with Crippen LogP contribution in [0.25, 0.3) is 0 Å². The van der Waals surface area contributed by atoms with Gasteiger partial charge in [0.25, 0.3) is 0 Å². The van der Waals surface area contributed by atoms with Gasteiger partial charge in [-0.2, -0.15) is 0 Å². The molecule has 5 heteroatoms. The highest BCUT2D eigenvalue weighted by Crippen LogP contribution is 2.26. The second-order valence-electron chi connectivity index (χ2n) is 4.88. The summed E-state index contributed by atoms with van der Waals surface area (Å²) >= 11 is 0. The van der Waals surface area contributed by atoms with Crippen molar-refractivity contribution < 1.29 is 19.0 Å². The standard InChI is InChI=1S/C14H18FNO3/c1-19-9-10-3-2-6-16(8-10)13-5-4-11(14(17)18)7-12(13)15/h4-5,7,10H,2-3,6,8-9H2,1H3,(H,17,18). The van der Waals surface area contributed by atoms with Crippen molar-refractivity contribution in [3.8, 4) is 0 Å². The van der Waals surface area contributed by atoms with Crippen molar-refractivity contribution in [1.82, 2.24) is 0 Å². The number of piperidine rings is 1. The molecule has 1 aliphatic heterocycles. The van der Waals surface area contributed by atoms with Gasteiger partial charge in [-0.3, -0.25) is 0 Å². The number of rotatable bonds is 4. The van der Waals surface area contributed by atoms with Gasteiger partial charge in [-0.25, -0.2) is 9.18 Å². The Kier molecular flexibility index (Phi) is 4.37. The van der Waals surface area contributed by atoms with E-state index in [4.69, 9.17) is 9.84 Å². The van der Waals surface area contributed by atoms with E-state index in [1.165, 1.54) is 6.07 Å². The molecule has 1 heterocycles. The summed E-state index contributed by atoms with van der Waals surface area (Å²) < 4.78 is 19.1. The minimum absolute atomic E-state index is 0.0216. The van der Waals surface area contributed by atoms with E-state index in [0.717, 1.165) is 32.0 Å². The summed E-state index contributed by atoms with van der Waals surface area (Å²) in [6.07, 6.45) is 2.08. The van der Waals surface area contributed by atoms with Crippen molar-refractivity contribution in [1.29, 1.82) is 0 Å². The van der Waals surface area contributed by atoms with E-state index in [1.54, 1.807) is 13.2 Å². The molecule has 1 atom stereocenters. The third-order valence-corrected chi connectivity index (χ3v) is 3.46. The number of anilines is 1. The molecule has 0 radical (unpaired) electrons. The predicted octanol–water partition coefficient (Wildman–Crippen LogP) is 2.39. The molecule has 4 nitrogen and oxygen atoms in total. The Hall–Kier alpha value is -1.62. The molecule has 0 amide bonds. The summed E-state index contributed by atoms with van der Waals surface area (Å²) in [7, 11) is 1.67. The maximum atomic E-state index is 14.0. The average Bonchev–Trinajstić information content (AvgIpc) is 2.39. The van der Waals surface area contributed by atoms with Crippen LogP contribution in [0.4, 0.5) is 10.1 Å². The quantitative estimate of drug-likeness (QED) is 0.910. The SMILES string of the molecule is COCC1CCCN(c2ccc(C(=O)O)cc2F)C1. The number of hydrogen-bond acceptors (Lipinski definition) is 3. The summed E-state index contributed by atoms with van der Waals surface area (Å²) in [5, 5.41) is 8.83. The molecule has 1 saturated heterocycles. The Morgan fingerprint density at radius 1 is 1.58 bits per heavy atom. The fourth-order valence-corrected chi connectivity index (χ4v) is 2.55. The van der Waals surface area contributed by atoms with Crippen LogP contribution in [0.5, 0.6) is 0 Å². The summed E-state index contributed by atoms with van der Waals surface area (Å²) in [5.41, 5.74) is 0.456. The molecule has 0 saturated carbocycles. The molecule has 1 unspecified atom stereocenters. The minimum Gasteiger partial charge on any atom is -0.478 e. The fourth-order valence-electron chi connectivity index (χ4n) is 2.55. The second-order valence-corrected chi connectivity index (χ2v) is 4.88. The van der Waals surface area contributed by atoms with Crippen LogP contribution in [-0.2, 0) is 4.74 Å². The molecule has 0 aliphatic carbocycles. The third kappa shape index (κ3) is 3.23. The Labute approximate surface area is 111 Å². The van der Waals surface area contributed by atoms with E-state index in [1.807, 2.05) is 4.90 Å². The van der Waals surface area contributed by atoms with Gasteiger partial charge in [-0.15, -0.1) is 0 Å². The van der Waals surface area contributed by atoms with Crippen LogP contribution in [0, 0.1) is 11.7 Å². The van der Waals surface area contributed by atoms with Crippen molar-refractivity contribution >= 4 is 11.7 Å². The van der Waals surface area contributed by atoms with Crippen molar-refractivity contribution in [2.45, 2.75) is 12.8 Å². The van der Waals surface area contributed by atoms with E-state index in [0.29, 0.717) is 18.2 Å². The number of nitrogens with zero attached hydrogens (tertiary/aromatic N) is 1. The number of carbonyl (C=O) groups is 1. The van der Waals surface area contributed by atoms with Gasteiger partial charge < -0.3 is 14.7 Å². The minimum atomic E-state index is -1.11. The molecule has 1 aromatic carbocycles. The fraction of sp³-hybridized carbons (Fsp3) is 0.500. The number of halogens is 1. The topological polar surface area (TPSA) is 49.8 Å². The van der Waals surface area contributed by atoms with Gasteiger partial charge in [0.15, 0.2) is 0 Å². The first kappa shape index (κ1) is 13.8. The van der Waals surface area contributed by atoms with E-state index < -0.39 is 11.8 Å². The highest BCUT2D eigenvalue weighted by molar-refractivity contribution is 5.88. The van der Waals surface area contributed by atoms with E-state index in [9.17, 15) is 9.18 Å². The number of carboxylic acids is 1. The Morgan fingerprint density at radius 3 is 3.00 bits per heavy atom. The zero-order valence-corrected chi connectivity index (χ0v) is 10.9. The number of aromatic carboxylic acids is 1. The third-order valence-electron chi connectivity index (χ3n) is 3.46. The van der Waals surface area contributed by atoms with Gasteiger partial charge in [-0.05, 0) is 37.0 Å². The molecule has 0 bridgehead atoms. The molecule has 19 heavy (non-hydrogen) atoms. The first-order chi connectivity index (χ1) is 9.11. The summed E-state index contributed by atoms with van der Waals surface area (Å²) in [6.45, 7) is 2.21. The zero-order valence-electron chi connectivity index (χ0n) is 10.9. The lowest BCUT2D eigenvalue weighted by atomic mass is 9.98. The average molecular weight is 267 g/mol. The van der Waals surface area contributed by atoms with Crippen LogP contribution in [0.1, 0.15) is 23.2 Å². The second kappa shape index (κ2) is 6.02. The lowest BCUT2D eigenvalue weighted by Gasteiger charge is -2.34. The summed E-state index contributed by atoms with van der Waals surface area (Å²) in [5.74, 6) is -1.18. The van der Waals surface area contributed by atoms with Crippen molar-refractivity contribution in [3.05, 3.63) is 29.6 Å². The molecule has 1 aliphatic rings. The van der Waals surface area contributed by atoms with Crippen LogP contribution in [0.15, 0.2) is 18.2 Å². The number of ether oxygens (including phenoxy) is 1. The number of methoxy groups -OCH3 is 1. The van der Waals surface area contributed by atoms with Crippen LogP contribution < -0.4 is 4.90 Å². The van der Waals surface area contributed by atoms with Gasteiger partial charge in [-0.1, -0.05) is 0 Å². The van der Waals surface area contributed by atoms with Crippen molar-refractivity contribution in [3.63, 3.8) is 0 Å². The van der Waals surface area contributed by atoms with Gasteiger partial charge >= 0.3 is 5.97 Å². The Morgan fingerprint density at radius 2 is 2.37 bits per heavy atom. The molecule has 1 N–H and O–H groups in total. The summed E-state index contributed by atoms with van der Waals surface area (Å²) in [6, 6.07) is 4.08. The first-order valence-corrected chi connectivity index (χ1v) is 6.38. The molecule has 1 aromatic rings. The first-order valence-electron chi connectivity index (χ1n) is 6.38. The molecule has 0 aromatic heterocycles. The van der Waals surface area contributed by atoms with Crippen LogP contribution >= 0.6 is 0 Å². The molecular weight excluding hydrogens is 249 g/mol. The molecule has 0 spiro atoms. The lowest BCUT2D eigenvalue weighted by molar-refractivity contribution is 0.0696. The molecule has 2 rings (SSSR count). The predicted molar refractivity (Wildman–Crippen MR) is 70.2 cm³/mol. The Bertz CT molecular complexity index is 462. The number of hydrogen-bond donors (Lipinski definition) is 1. The van der Waals surface area contributed by atoms with Crippen molar-refractivity contribution in [2.75, 3.05) is 31.7 Å². The van der Waals surface area contributed by atoms with E-state index in [-0.39, 0.29) is 5.56 Å². The molecule has 1 fully saturated rings. The van der Waals surface area contributed by atoms with Gasteiger partial charge in [0, 0.05) is 20.2 Å². The normalized spacial score (nSPS) is 19.5. The van der Waals surface area contributed by atoms with E-state index >= 15 is 0 Å². The molecule has 104 valence electrons. The smallest absolute Gasteiger partial charge is 0.335 e. The van der Waals surface area contributed by atoms with E-state index in [2.05, 4.69) is 0 Å². The maximum Gasteiger partial charge on any atom is 0.335 e. The Balaban J connectivity index is 2.15. The van der Waals surface area contributed by atoms with Gasteiger partial charge in [0.05, 0.1) is 17.9 Å². The zero-order chi connectivity index (χ0) is 13.8. The van der Waals surface area contributed by atoms with Crippen LogP contribution in [0.3, 0.4) is 0 Å². The molecular formula is C14H18FNO3. The largest absolute Gasteiger partial charge is 0.478 e. The lowest BCUT2D eigenvalue weighted by Crippen LogP contribution is -2.37. The monoisotopic (exact) mass is 267 g/mol. The van der Waals surface area contributed by atoms with Gasteiger partial charge in [0.1, 0.15) is 5.82 Å². The van der Waals surface area contributed by atoms with Crippen molar-refractivity contribution in [2.24, 2.45) is 5.92 Å². The highest BCUT2D eigenvalue weighted by Gasteiger charge is 2.22. The van der Waals surface area contributed by atoms with Crippen LogP contribution in [0.2, 0.25) is 0 Å². The number of benzene rings is 1. The maximum absolute atomic E-state index is 14.0. The van der Waals surface area contributed by atoms with Crippen LogP contribution in [-0.4, -0.2) is 37.9 Å². The highest BCUT2D eigenvalue weighted by atomic mass is 19.1. The summed E-state index contributed by atoms with van der Waals surface area (Å²) in [4.78, 5) is 12.7.